The summed E-state index contributed by atoms with van der Waals surface area (Å²) in [5.41, 5.74) is 15.2. The van der Waals surface area contributed by atoms with Crippen LogP contribution in [0.25, 0.3) is 0 Å². The van der Waals surface area contributed by atoms with Gasteiger partial charge in [-0.2, -0.15) is 0 Å². The third kappa shape index (κ3) is 6.96. The first-order chi connectivity index (χ1) is 4.63. The van der Waals surface area contributed by atoms with Gasteiger partial charge in [0.05, 0.1) is 6.54 Å². The first-order valence-corrected chi connectivity index (χ1v) is 3.12. The van der Waals surface area contributed by atoms with Gasteiger partial charge >= 0.3 is 0 Å². The van der Waals surface area contributed by atoms with Gasteiger partial charge in [0.25, 0.3) is 0 Å². The Balaban J connectivity index is 3.21. The quantitative estimate of drug-likeness (QED) is 0.167. The molecule has 0 aliphatic heterocycles. The van der Waals surface area contributed by atoms with Crippen LogP contribution in [0.5, 0.6) is 0 Å². The summed E-state index contributed by atoms with van der Waals surface area (Å²) < 4.78 is 0. The molecule has 0 bridgehead atoms. The molecule has 0 aromatic rings. The number of guanidine groups is 1. The van der Waals surface area contributed by atoms with E-state index in [1.807, 2.05) is 0 Å². The number of hydrogen-bond acceptors (Lipinski definition) is 2. The van der Waals surface area contributed by atoms with E-state index in [1.165, 1.54) is 0 Å². The van der Waals surface area contributed by atoms with Gasteiger partial charge in [0.15, 0.2) is 11.1 Å². The molecule has 0 heterocycles. The summed E-state index contributed by atoms with van der Waals surface area (Å²) in [5.74, 6) is 0.0738. The third-order valence-electron chi connectivity index (χ3n) is 0.705. The summed E-state index contributed by atoms with van der Waals surface area (Å²) in [7, 11) is 0. The Morgan fingerprint density at radius 1 is 1.40 bits per heavy atom. The second-order valence-electron chi connectivity index (χ2n) is 1.60. The Morgan fingerprint density at radius 3 is 2.40 bits per heavy atom. The molecular formula is C4H11N5S. The van der Waals surface area contributed by atoms with Gasteiger partial charge < -0.3 is 22.5 Å². The predicted molar refractivity (Wildman–Crippen MR) is 45.5 cm³/mol. The number of nitrogens with zero attached hydrogens (tertiary/aromatic N) is 1. The van der Waals surface area contributed by atoms with Crippen LogP contribution in [0.4, 0.5) is 0 Å². The molecule has 0 aromatic carbocycles. The standard InChI is InChI=1S/C4H11N5S/c5-3(6)8-1-2-9-4(7)10/h1-2H2,(H4,5,6,8)(H3,7,9,10). The lowest BCUT2D eigenvalue weighted by atomic mass is 10.6. The van der Waals surface area contributed by atoms with Gasteiger partial charge in [-0.05, 0) is 12.2 Å². The van der Waals surface area contributed by atoms with Crippen molar-refractivity contribution >= 4 is 23.3 Å². The highest BCUT2D eigenvalue weighted by Crippen LogP contribution is 1.65. The van der Waals surface area contributed by atoms with E-state index >= 15 is 0 Å². The van der Waals surface area contributed by atoms with Crippen LogP contribution in [0.1, 0.15) is 0 Å². The minimum atomic E-state index is 0.0738. The van der Waals surface area contributed by atoms with E-state index in [2.05, 4.69) is 22.5 Å². The molecule has 6 heteroatoms. The monoisotopic (exact) mass is 161 g/mol. The van der Waals surface area contributed by atoms with E-state index < -0.39 is 0 Å². The molecule has 0 aliphatic carbocycles. The lowest BCUT2D eigenvalue weighted by molar-refractivity contribution is 0.877. The molecule has 0 aromatic heterocycles. The van der Waals surface area contributed by atoms with Crippen LogP contribution in [-0.2, 0) is 0 Å². The summed E-state index contributed by atoms with van der Waals surface area (Å²) in [5, 5.41) is 2.95. The fourth-order valence-corrected chi connectivity index (χ4v) is 0.466. The highest BCUT2D eigenvalue weighted by atomic mass is 32.1. The van der Waals surface area contributed by atoms with Gasteiger partial charge in [0, 0.05) is 6.54 Å². The zero-order valence-corrected chi connectivity index (χ0v) is 6.32. The van der Waals surface area contributed by atoms with Crippen LogP contribution >= 0.6 is 12.2 Å². The minimum absolute atomic E-state index is 0.0738. The summed E-state index contributed by atoms with van der Waals surface area (Å²) in [6.07, 6.45) is 0. The highest BCUT2D eigenvalue weighted by Gasteiger charge is 1.84. The molecule has 0 rings (SSSR count). The minimum Gasteiger partial charge on any atom is -0.376 e. The van der Waals surface area contributed by atoms with Crippen LogP contribution in [0.2, 0.25) is 0 Å². The SMILES string of the molecule is NC(=S)NCCN=C(N)N. The molecule has 7 N–H and O–H groups in total. The maximum Gasteiger partial charge on any atom is 0.185 e. The molecule has 5 nitrogen and oxygen atoms in total. The summed E-state index contributed by atoms with van der Waals surface area (Å²) in [4.78, 5) is 3.69. The predicted octanol–water partition coefficient (Wildman–Crippen LogP) is -1.91. The van der Waals surface area contributed by atoms with E-state index in [9.17, 15) is 0 Å². The fourth-order valence-electron chi connectivity index (χ4n) is 0.364. The maximum atomic E-state index is 5.12. The summed E-state index contributed by atoms with van der Waals surface area (Å²) in [6, 6.07) is 0. The Bertz CT molecular complexity index is 139. The van der Waals surface area contributed by atoms with Gasteiger partial charge in [0.1, 0.15) is 0 Å². The molecule has 0 amide bonds. The van der Waals surface area contributed by atoms with E-state index in [-0.39, 0.29) is 11.1 Å². The molecule has 0 radical (unpaired) electrons. The van der Waals surface area contributed by atoms with Crippen LogP contribution < -0.4 is 22.5 Å². The number of hydrogen-bond donors (Lipinski definition) is 4. The average molecular weight is 161 g/mol. The van der Waals surface area contributed by atoms with E-state index in [4.69, 9.17) is 17.2 Å². The number of rotatable bonds is 3. The van der Waals surface area contributed by atoms with Crippen molar-refractivity contribution in [2.45, 2.75) is 0 Å². The number of nitrogens with two attached hydrogens (primary N) is 3. The van der Waals surface area contributed by atoms with Crippen molar-refractivity contribution in [3.8, 4) is 0 Å². The first-order valence-electron chi connectivity index (χ1n) is 2.71. The van der Waals surface area contributed by atoms with Gasteiger partial charge in [-0.15, -0.1) is 0 Å². The second-order valence-corrected chi connectivity index (χ2v) is 2.04. The van der Waals surface area contributed by atoms with E-state index in [0.717, 1.165) is 0 Å². The highest BCUT2D eigenvalue weighted by molar-refractivity contribution is 7.80. The van der Waals surface area contributed by atoms with Crippen LogP contribution in [-0.4, -0.2) is 24.2 Å². The molecule has 0 fully saturated rings. The average Bonchev–Trinajstić information content (AvgIpc) is 1.79. The Hall–Kier alpha value is -1.04. The molecule has 10 heavy (non-hydrogen) atoms. The molecule has 0 saturated carbocycles. The van der Waals surface area contributed by atoms with Gasteiger partial charge in [-0.1, -0.05) is 0 Å². The Labute approximate surface area is 64.7 Å². The molecular weight excluding hydrogens is 150 g/mol. The second kappa shape index (κ2) is 4.80. The van der Waals surface area contributed by atoms with Crippen molar-refractivity contribution in [1.82, 2.24) is 5.32 Å². The number of thiocarbonyl (C=S) groups is 1. The smallest absolute Gasteiger partial charge is 0.185 e. The van der Waals surface area contributed by atoms with Crippen molar-refractivity contribution in [3.05, 3.63) is 0 Å². The van der Waals surface area contributed by atoms with Crippen LogP contribution in [0.15, 0.2) is 4.99 Å². The topological polar surface area (TPSA) is 102 Å². The molecule has 58 valence electrons. The molecule has 0 atom stereocenters. The van der Waals surface area contributed by atoms with E-state index in [0.29, 0.717) is 13.1 Å². The fraction of sp³-hybridized carbons (Fsp3) is 0.500. The molecule has 0 unspecified atom stereocenters. The van der Waals surface area contributed by atoms with Crippen molar-refractivity contribution in [2.75, 3.05) is 13.1 Å². The molecule has 0 saturated heterocycles. The zero-order chi connectivity index (χ0) is 7.98. The zero-order valence-electron chi connectivity index (χ0n) is 5.50. The lowest BCUT2D eigenvalue weighted by Crippen LogP contribution is -2.32. The largest absolute Gasteiger partial charge is 0.376 e. The van der Waals surface area contributed by atoms with Crippen LogP contribution in [0, 0.1) is 0 Å². The lowest BCUT2D eigenvalue weighted by Gasteiger charge is -1.98. The van der Waals surface area contributed by atoms with Gasteiger partial charge in [-0.3, -0.25) is 4.99 Å². The van der Waals surface area contributed by atoms with Crippen molar-refractivity contribution < 1.29 is 0 Å². The number of nitrogens with one attached hydrogen (secondary N) is 1. The maximum absolute atomic E-state index is 5.12. The molecule has 0 aliphatic rings. The third-order valence-corrected chi connectivity index (χ3v) is 0.850. The number of aliphatic imine (C=N–C) groups is 1. The van der Waals surface area contributed by atoms with E-state index in [1.54, 1.807) is 0 Å². The molecule has 0 spiro atoms. The van der Waals surface area contributed by atoms with Crippen molar-refractivity contribution in [1.29, 1.82) is 0 Å². The normalized spacial score (nSPS) is 8.40. The first kappa shape index (κ1) is 8.96. The van der Waals surface area contributed by atoms with Gasteiger partial charge in [0.2, 0.25) is 0 Å². The van der Waals surface area contributed by atoms with Gasteiger partial charge in [-0.25, -0.2) is 0 Å². The van der Waals surface area contributed by atoms with Crippen molar-refractivity contribution in [2.24, 2.45) is 22.2 Å². The van der Waals surface area contributed by atoms with Crippen molar-refractivity contribution in [3.63, 3.8) is 0 Å². The summed E-state index contributed by atoms with van der Waals surface area (Å²) in [6.45, 7) is 1.05. The Kier molecular flexibility index (Phi) is 4.30. The van der Waals surface area contributed by atoms with Crippen LogP contribution in [0.3, 0.4) is 0 Å². The summed E-state index contributed by atoms with van der Waals surface area (Å²) >= 11 is 4.53. The Morgan fingerprint density at radius 2 is 2.00 bits per heavy atom.